The molecule has 4 nitrogen and oxygen atoms in total. The van der Waals surface area contributed by atoms with E-state index in [4.69, 9.17) is 0 Å². The van der Waals surface area contributed by atoms with Gasteiger partial charge in [-0.2, -0.15) is 4.37 Å². The predicted octanol–water partition coefficient (Wildman–Crippen LogP) is 2.30. The fourth-order valence-electron chi connectivity index (χ4n) is 2.86. The zero-order chi connectivity index (χ0) is 13.4. The smallest absolute Gasteiger partial charge is 0.152 e. The summed E-state index contributed by atoms with van der Waals surface area (Å²) >= 11 is 1.41. The second-order valence-corrected chi connectivity index (χ2v) is 5.87. The summed E-state index contributed by atoms with van der Waals surface area (Å²) in [5.41, 5.74) is 2.70. The average Bonchev–Trinajstić information content (AvgIpc) is 2.85. The van der Waals surface area contributed by atoms with Crippen molar-refractivity contribution >= 4 is 34.4 Å². The van der Waals surface area contributed by atoms with Gasteiger partial charge in [0, 0.05) is 47.2 Å². The van der Waals surface area contributed by atoms with Crippen LogP contribution in [0.25, 0.3) is 10.9 Å². The highest BCUT2D eigenvalue weighted by Gasteiger charge is 2.23. The van der Waals surface area contributed by atoms with Gasteiger partial charge in [-0.15, -0.1) is 0 Å². The van der Waals surface area contributed by atoms with Crippen LogP contribution in [0, 0.1) is 0 Å². The van der Waals surface area contributed by atoms with Crippen molar-refractivity contribution in [3.8, 4) is 0 Å². The number of fused-ring (bicyclic) bond motifs is 1. The maximum atomic E-state index is 11.1. The van der Waals surface area contributed by atoms with Gasteiger partial charge in [-0.3, -0.25) is 4.79 Å². The summed E-state index contributed by atoms with van der Waals surface area (Å²) in [4.78, 5) is 13.4. The minimum absolute atomic E-state index is 0.469. The van der Waals surface area contributed by atoms with Gasteiger partial charge in [0.1, 0.15) is 0 Å². The highest BCUT2D eigenvalue weighted by atomic mass is 32.1. The molecule has 0 spiro atoms. The average molecular weight is 275 g/mol. The number of benzene rings is 1. The van der Waals surface area contributed by atoms with E-state index in [1.54, 1.807) is 0 Å². The molecule has 100 valence electrons. The van der Waals surface area contributed by atoms with Crippen molar-refractivity contribution in [1.82, 2.24) is 9.69 Å². The molecule has 1 fully saturated rings. The standard InChI is InChI=1S/C14H17N3OS/c1-9-5-17(6-10(2)15-9)13-4-3-11(7-18)14-12(13)8-19-16-14/h3-4,7-10,15H,5-6H2,1-2H3. The number of carbonyl (C=O) groups excluding carboxylic acids is 1. The van der Waals surface area contributed by atoms with Crippen LogP contribution in [0.4, 0.5) is 5.69 Å². The fourth-order valence-corrected chi connectivity index (χ4v) is 3.56. The number of nitrogens with one attached hydrogen (secondary N) is 1. The Balaban J connectivity index is 2.05. The lowest BCUT2D eigenvalue weighted by Crippen LogP contribution is -2.54. The van der Waals surface area contributed by atoms with Crippen LogP contribution in [-0.4, -0.2) is 35.8 Å². The molecule has 1 aliphatic heterocycles. The fraction of sp³-hybridized carbons (Fsp3) is 0.429. The molecule has 0 saturated carbocycles. The summed E-state index contributed by atoms with van der Waals surface area (Å²) in [5.74, 6) is 0. The van der Waals surface area contributed by atoms with Gasteiger partial charge in [0.15, 0.2) is 6.29 Å². The van der Waals surface area contributed by atoms with E-state index in [1.807, 2.05) is 17.5 Å². The molecule has 1 aromatic carbocycles. The molecule has 0 radical (unpaired) electrons. The van der Waals surface area contributed by atoms with Crippen LogP contribution in [-0.2, 0) is 0 Å². The van der Waals surface area contributed by atoms with Gasteiger partial charge < -0.3 is 10.2 Å². The lowest BCUT2D eigenvalue weighted by Gasteiger charge is -2.38. The largest absolute Gasteiger partial charge is 0.368 e. The lowest BCUT2D eigenvalue weighted by atomic mass is 10.1. The topological polar surface area (TPSA) is 45.2 Å². The summed E-state index contributed by atoms with van der Waals surface area (Å²) in [6, 6.07) is 4.86. The number of rotatable bonds is 2. The SMILES string of the molecule is CC1CN(c2ccc(C=O)c3nscc23)CC(C)N1. The quantitative estimate of drug-likeness (QED) is 0.854. The molecule has 3 rings (SSSR count). The first kappa shape index (κ1) is 12.6. The van der Waals surface area contributed by atoms with Crippen molar-refractivity contribution in [2.75, 3.05) is 18.0 Å². The number of aldehydes is 1. The first-order valence-corrected chi connectivity index (χ1v) is 7.36. The predicted molar refractivity (Wildman–Crippen MR) is 79.3 cm³/mol. The van der Waals surface area contributed by atoms with Crippen molar-refractivity contribution < 1.29 is 4.79 Å². The Morgan fingerprint density at radius 3 is 2.79 bits per heavy atom. The Kier molecular flexibility index (Phi) is 3.24. The van der Waals surface area contributed by atoms with E-state index < -0.39 is 0 Å². The zero-order valence-corrected chi connectivity index (χ0v) is 11.9. The molecule has 1 saturated heterocycles. The van der Waals surface area contributed by atoms with Crippen LogP contribution in [0.3, 0.4) is 0 Å². The van der Waals surface area contributed by atoms with E-state index in [9.17, 15) is 4.79 Å². The summed E-state index contributed by atoms with van der Waals surface area (Å²) in [6.07, 6.45) is 0.884. The first-order chi connectivity index (χ1) is 9.19. The maximum Gasteiger partial charge on any atom is 0.152 e. The van der Waals surface area contributed by atoms with Gasteiger partial charge in [0.25, 0.3) is 0 Å². The van der Waals surface area contributed by atoms with E-state index in [0.717, 1.165) is 30.3 Å². The maximum absolute atomic E-state index is 11.1. The second kappa shape index (κ2) is 4.90. The normalized spacial score (nSPS) is 23.8. The summed E-state index contributed by atoms with van der Waals surface area (Å²) in [5, 5.41) is 6.66. The van der Waals surface area contributed by atoms with Crippen molar-refractivity contribution in [2.45, 2.75) is 25.9 Å². The lowest BCUT2D eigenvalue weighted by molar-refractivity contribution is 0.112. The second-order valence-electron chi connectivity index (χ2n) is 5.24. The molecule has 5 heteroatoms. The Bertz CT molecular complexity index is 600. The highest BCUT2D eigenvalue weighted by Crippen LogP contribution is 2.30. The number of hydrogen-bond donors (Lipinski definition) is 1. The number of piperazine rings is 1. The molecule has 2 heterocycles. The molecule has 0 aliphatic carbocycles. The monoisotopic (exact) mass is 275 g/mol. The molecule has 19 heavy (non-hydrogen) atoms. The van der Waals surface area contributed by atoms with E-state index in [-0.39, 0.29) is 0 Å². The Morgan fingerprint density at radius 1 is 1.37 bits per heavy atom. The minimum Gasteiger partial charge on any atom is -0.368 e. The molecule has 1 aromatic heterocycles. The van der Waals surface area contributed by atoms with Crippen molar-refractivity contribution in [2.24, 2.45) is 0 Å². The van der Waals surface area contributed by atoms with Gasteiger partial charge in [-0.1, -0.05) is 0 Å². The van der Waals surface area contributed by atoms with Crippen molar-refractivity contribution in [3.05, 3.63) is 23.1 Å². The molecule has 1 aliphatic rings. The summed E-state index contributed by atoms with van der Waals surface area (Å²) < 4.78 is 4.35. The molecule has 1 N–H and O–H groups in total. The third-order valence-electron chi connectivity index (χ3n) is 3.57. The molecule has 2 unspecified atom stereocenters. The van der Waals surface area contributed by atoms with Crippen molar-refractivity contribution in [1.29, 1.82) is 0 Å². The van der Waals surface area contributed by atoms with E-state index in [2.05, 4.69) is 28.4 Å². The molecular formula is C14H17N3OS. The van der Waals surface area contributed by atoms with Crippen LogP contribution >= 0.6 is 11.5 Å². The number of hydrogen-bond acceptors (Lipinski definition) is 5. The third-order valence-corrected chi connectivity index (χ3v) is 4.19. The van der Waals surface area contributed by atoms with E-state index >= 15 is 0 Å². The van der Waals surface area contributed by atoms with Crippen LogP contribution in [0.1, 0.15) is 24.2 Å². The van der Waals surface area contributed by atoms with Crippen LogP contribution < -0.4 is 10.2 Å². The molecular weight excluding hydrogens is 258 g/mol. The number of carbonyl (C=O) groups is 1. The first-order valence-electron chi connectivity index (χ1n) is 6.52. The summed E-state index contributed by atoms with van der Waals surface area (Å²) in [7, 11) is 0. The van der Waals surface area contributed by atoms with Crippen LogP contribution in [0.2, 0.25) is 0 Å². The van der Waals surface area contributed by atoms with Gasteiger partial charge in [0.05, 0.1) is 5.52 Å². The highest BCUT2D eigenvalue weighted by molar-refractivity contribution is 7.04. The molecule has 0 amide bonds. The third kappa shape index (κ3) is 2.24. The van der Waals surface area contributed by atoms with Gasteiger partial charge in [0.2, 0.25) is 0 Å². The van der Waals surface area contributed by atoms with E-state index in [1.165, 1.54) is 17.2 Å². The zero-order valence-electron chi connectivity index (χ0n) is 11.1. The Labute approximate surface area is 116 Å². The minimum atomic E-state index is 0.469. The van der Waals surface area contributed by atoms with Crippen LogP contribution in [0.15, 0.2) is 17.5 Å². The molecule has 2 atom stereocenters. The van der Waals surface area contributed by atoms with Gasteiger partial charge >= 0.3 is 0 Å². The van der Waals surface area contributed by atoms with Crippen molar-refractivity contribution in [3.63, 3.8) is 0 Å². The van der Waals surface area contributed by atoms with E-state index in [0.29, 0.717) is 17.6 Å². The number of anilines is 1. The number of aromatic nitrogens is 1. The summed E-state index contributed by atoms with van der Waals surface area (Å²) in [6.45, 7) is 6.36. The molecule has 0 bridgehead atoms. The number of nitrogens with zero attached hydrogens (tertiary/aromatic N) is 2. The van der Waals surface area contributed by atoms with Crippen LogP contribution in [0.5, 0.6) is 0 Å². The Hall–Kier alpha value is -1.46. The van der Waals surface area contributed by atoms with Gasteiger partial charge in [-0.25, -0.2) is 0 Å². The van der Waals surface area contributed by atoms with Gasteiger partial charge in [-0.05, 0) is 37.5 Å². The Morgan fingerprint density at radius 2 is 2.11 bits per heavy atom. The molecule has 2 aromatic rings.